The fraction of sp³-hybridized carbons (Fsp3) is 0.364. The summed E-state index contributed by atoms with van der Waals surface area (Å²) >= 11 is 0. The van der Waals surface area contributed by atoms with Gasteiger partial charge in [0.25, 0.3) is 0 Å². The molecule has 1 rings (SSSR count). The molecule has 3 nitrogen and oxygen atoms in total. The zero-order valence-corrected chi connectivity index (χ0v) is 8.29. The number of rotatable bonds is 5. The third-order valence-electron chi connectivity index (χ3n) is 2.12. The van der Waals surface area contributed by atoms with Crippen LogP contribution >= 0.6 is 0 Å². The summed E-state index contributed by atoms with van der Waals surface area (Å²) in [6.45, 7) is 0. The Morgan fingerprint density at radius 1 is 1.43 bits per heavy atom. The van der Waals surface area contributed by atoms with Gasteiger partial charge in [-0.15, -0.1) is 0 Å². The van der Waals surface area contributed by atoms with Gasteiger partial charge in [0.05, 0.1) is 0 Å². The molecule has 0 aliphatic rings. The second-order valence-electron chi connectivity index (χ2n) is 3.15. The van der Waals surface area contributed by atoms with Crippen molar-refractivity contribution in [3.63, 3.8) is 0 Å². The molecular formula is C11H15NO2. The van der Waals surface area contributed by atoms with E-state index in [4.69, 9.17) is 5.11 Å². The van der Waals surface area contributed by atoms with Gasteiger partial charge in [0.2, 0.25) is 0 Å². The normalized spacial score (nSPS) is 9.79. The van der Waals surface area contributed by atoms with Crippen LogP contribution in [-0.4, -0.2) is 18.1 Å². The first-order valence-electron chi connectivity index (χ1n) is 4.71. The van der Waals surface area contributed by atoms with Crippen molar-refractivity contribution in [2.75, 3.05) is 12.4 Å². The number of aryl methyl sites for hydroxylation is 1. The van der Waals surface area contributed by atoms with Crippen molar-refractivity contribution in [1.29, 1.82) is 0 Å². The number of carbonyl (C=O) groups is 1. The third-order valence-corrected chi connectivity index (χ3v) is 2.12. The van der Waals surface area contributed by atoms with Crippen molar-refractivity contribution in [3.8, 4) is 0 Å². The molecular weight excluding hydrogens is 178 g/mol. The van der Waals surface area contributed by atoms with Gasteiger partial charge in [0, 0.05) is 19.2 Å². The van der Waals surface area contributed by atoms with Crippen LogP contribution in [0.15, 0.2) is 24.3 Å². The Balaban J connectivity index is 2.53. The summed E-state index contributed by atoms with van der Waals surface area (Å²) in [5.41, 5.74) is 2.26. The number of anilines is 1. The van der Waals surface area contributed by atoms with Crippen LogP contribution in [0.4, 0.5) is 5.69 Å². The Bertz CT molecular complexity index is 310. The maximum absolute atomic E-state index is 10.3. The summed E-state index contributed by atoms with van der Waals surface area (Å²) in [5, 5.41) is 11.6. The predicted molar refractivity (Wildman–Crippen MR) is 56.6 cm³/mol. The molecule has 0 radical (unpaired) electrons. The molecule has 0 heterocycles. The quantitative estimate of drug-likeness (QED) is 0.753. The molecule has 0 amide bonds. The van der Waals surface area contributed by atoms with Gasteiger partial charge in [-0.1, -0.05) is 18.2 Å². The lowest BCUT2D eigenvalue weighted by molar-refractivity contribution is -0.137. The minimum atomic E-state index is -0.730. The zero-order chi connectivity index (χ0) is 10.4. The molecule has 0 aliphatic carbocycles. The molecule has 76 valence electrons. The van der Waals surface area contributed by atoms with E-state index in [-0.39, 0.29) is 6.42 Å². The summed E-state index contributed by atoms with van der Waals surface area (Å²) in [7, 11) is 1.87. The van der Waals surface area contributed by atoms with E-state index in [0.717, 1.165) is 12.1 Å². The van der Waals surface area contributed by atoms with Crippen LogP contribution in [0.1, 0.15) is 18.4 Å². The summed E-state index contributed by atoms with van der Waals surface area (Å²) < 4.78 is 0. The van der Waals surface area contributed by atoms with Crippen molar-refractivity contribution < 1.29 is 9.90 Å². The lowest BCUT2D eigenvalue weighted by Crippen LogP contribution is -1.98. The summed E-state index contributed by atoms with van der Waals surface area (Å²) in [6.07, 6.45) is 1.73. The largest absolute Gasteiger partial charge is 0.481 e. The first-order valence-corrected chi connectivity index (χ1v) is 4.71. The highest BCUT2D eigenvalue weighted by Gasteiger charge is 2.01. The number of hydrogen-bond acceptors (Lipinski definition) is 2. The Morgan fingerprint density at radius 3 is 2.79 bits per heavy atom. The fourth-order valence-electron chi connectivity index (χ4n) is 1.41. The van der Waals surface area contributed by atoms with E-state index in [0.29, 0.717) is 6.42 Å². The maximum atomic E-state index is 10.3. The van der Waals surface area contributed by atoms with Gasteiger partial charge in [-0.25, -0.2) is 0 Å². The summed E-state index contributed by atoms with van der Waals surface area (Å²) in [5.74, 6) is -0.730. The predicted octanol–water partition coefficient (Wildman–Crippen LogP) is 2.14. The van der Waals surface area contributed by atoms with Gasteiger partial charge >= 0.3 is 5.97 Å². The molecule has 3 heteroatoms. The molecule has 0 aliphatic heterocycles. The van der Waals surface area contributed by atoms with Crippen LogP contribution in [0.3, 0.4) is 0 Å². The lowest BCUT2D eigenvalue weighted by atomic mass is 10.1. The van der Waals surface area contributed by atoms with Crippen LogP contribution in [0.2, 0.25) is 0 Å². The number of carboxylic acid groups (broad SMARTS) is 1. The summed E-state index contributed by atoms with van der Waals surface area (Å²) in [4.78, 5) is 10.3. The second kappa shape index (κ2) is 5.27. The average molecular weight is 193 g/mol. The van der Waals surface area contributed by atoms with Crippen LogP contribution in [0.25, 0.3) is 0 Å². The van der Waals surface area contributed by atoms with Gasteiger partial charge in [0.15, 0.2) is 0 Å². The minimum Gasteiger partial charge on any atom is -0.481 e. The van der Waals surface area contributed by atoms with Gasteiger partial charge in [-0.05, 0) is 24.5 Å². The van der Waals surface area contributed by atoms with Gasteiger partial charge < -0.3 is 10.4 Å². The number of para-hydroxylation sites is 1. The van der Waals surface area contributed by atoms with Crippen LogP contribution in [0.5, 0.6) is 0 Å². The maximum Gasteiger partial charge on any atom is 0.303 e. The van der Waals surface area contributed by atoms with Crippen molar-refractivity contribution in [2.45, 2.75) is 19.3 Å². The van der Waals surface area contributed by atoms with E-state index in [9.17, 15) is 4.79 Å². The zero-order valence-electron chi connectivity index (χ0n) is 8.29. The Kier molecular flexibility index (Phi) is 3.98. The van der Waals surface area contributed by atoms with Crippen molar-refractivity contribution in [3.05, 3.63) is 29.8 Å². The molecule has 0 saturated heterocycles. The second-order valence-corrected chi connectivity index (χ2v) is 3.15. The first kappa shape index (κ1) is 10.6. The van der Waals surface area contributed by atoms with E-state index in [2.05, 4.69) is 5.32 Å². The number of carboxylic acids is 1. The standard InChI is InChI=1S/C11H15NO2/c1-12-10-7-3-2-5-9(10)6-4-8-11(13)14/h2-3,5,7,12H,4,6,8H2,1H3,(H,13,14). The van der Waals surface area contributed by atoms with E-state index in [1.54, 1.807) is 0 Å². The van der Waals surface area contributed by atoms with Crippen LogP contribution in [0, 0.1) is 0 Å². The van der Waals surface area contributed by atoms with E-state index in [1.165, 1.54) is 5.56 Å². The Morgan fingerprint density at radius 2 is 2.14 bits per heavy atom. The molecule has 1 aromatic rings. The highest BCUT2D eigenvalue weighted by Crippen LogP contribution is 2.16. The summed E-state index contributed by atoms with van der Waals surface area (Å²) in [6, 6.07) is 7.95. The molecule has 2 N–H and O–H groups in total. The van der Waals surface area contributed by atoms with E-state index < -0.39 is 5.97 Å². The molecule has 0 spiro atoms. The molecule has 0 aromatic heterocycles. The minimum absolute atomic E-state index is 0.234. The van der Waals surface area contributed by atoms with Gasteiger partial charge in [-0.2, -0.15) is 0 Å². The lowest BCUT2D eigenvalue weighted by Gasteiger charge is -2.07. The number of nitrogens with one attached hydrogen (secondary N) is 1. The highest BCUT2D eigenvalue weighted by molar-refractivity contribution is 5.66. The van der Waals surface area contributed by atoms with E-state index in [1.807, 2.05) is 31.3 Å². The Hall–Kier alpha value is -1.51. The number of benzene rings is 1. The highest BCUT2D eigenvalue weighted by atomic mass is 16.4. The molecule has 0 fully saturated rings. The monoisotopic (exact) mass is 193 g/mol. The van der Waals surface area contributed by atoms with Crippen molar-refractivity contribution >= 4 is 11.7 Å². The number of aliphatic carboxylic acids is 1. The molecule has 0 bridgehead atoms. The smallest absolute Gasteiger partial charge is 0.303 e. The Labute approximate surface area is 83.8 Å². The van der Waals surface area contributed by atoms with Gasteiger partial charge in [-0.3, -0.25) is 4.79 Å². The molecule has 1 aromatic carbocycles. The van der Waals surface area contributed by atoms with Crippen LogP contribution < -0.4 is 5.32 Å². The van der Waals surface area contributed by atoms with Gasteiger partial charge in [0.1, 0.15) is 0 Å². The third kappa shape index (κ3) is 3.09. The van der Waals surface area contributed by atoms with Crippen LogP contribution in [-0.2, 0) is 11.2 Å². The molecule has 0 atom stereocenters. The van der Waals surface area contributed by atoms with E-state index >= 15 is 0 Å². The molecule has 0 unspecified atom stereocenters. The fourth-order valence-corrected chi connectivity index (χ4v) is 1.41. The topological polar surface area (TPSA) is 49.3 Å². The SMILES string of the molecule is CNc1ccccc1CCCC(=O)O. The first-order chi connectivity index (χ1) is 6.74. The van der Waals surface area contributed by atoms with Crippen molar-refractivity contribution in [2.24, 2.45) is 0 Å². The molecule has 14 heavy (non-hydrogen) atoms. The average Bonchev–Trinajstić information content (AvgIpc) is 2.18. The van der Waals surface area contributed by atoms with Crippen molar-refractivity contribution in [1.82, 2.24) is 0 Å². The number of hydrogen-bond donors (Lipinski definition) is 2. The molecule has 0 saturated carbocycles.